The summed E-state index contributed by atoms with van der Waals surface area (Å²) in [7, 11) is 4.06. The standard InChI is InChI=1S/C29H33NO3/c1-5-27(23-9-7-6-8-10-23)28(24-13-11-22(12-14-24)21(2)29(31)32)25-15-17-26(18-16-25)33-20-19-30(3)4/h6-18,21H,5,19-20H2,1-4H3,(H,31,32). The van der Waals surface area contributed by atoms with Crippen LogP contribution in [0.4, 0.5) is 0 Å². The number of hydrogen-bond donors (Lipinski definition) is 1. The first-order valence-corrected chi connectivity index (χ1v) is 11.4. The molecule has 3 rings (SSSR count). The highest BCUT2D eigenvalue weighted by Gasteiger charge is 2.16. The summed E-state index contributed by atoms with van der Waals surface area (Å²) in [6, 6.07) is 26.6. The topological polar surface area (TPSA) is 49.8 Å². The number of aliphatic carboxylic acids is 1. The molecule has 0 aliphatic carbocycles. The second-order valence-corrected chi connectivity index (χ2v) is 8.43. The number of allylic oxidation sites excluding steroid dienone is 1. The molecule has 1 atom stereocenters. The average Bonchev–Trinajstić information content (AvgIpc) is 2.83. The number of nitrogens with zero attached hydrogens (tertiary/aromatic N) is 1. The van der Waals surface area contributed by atoms with Crippen LogP contribution in [0.5, 0.6) is 5.75 Å². The van der Waals surface area contributed by atoms with Gasteiger partial charge in [-0.05, 0) is 73.0 Å². The minimum Gasteiger partial charge on any atom is -0.492 e. The molecule has 172 valence electrons. The van der Waals surface area contributed by atoms with Crippen molar-refractivity contribution in [3.8, 4) is 5.75 Å². The van der Waals surface area contributed by atoms with Gasteiger partial charge >= 0.3 is 5.97 Å². The number of hydrogen-bond acceptors (Lipinski definition) is 3. The van der Waals surface area contributed by atoms with E-state index in [2.05, 4.69) is 48.2 Å². The van der Waals surface area contributed by atoms with Gasteiger partial charge in [-0.15, -0.1) is 0 Å². The maximum Gasteiger partial charge on any atom is 0.310 e. The zero-order valence-electron chi connectivity index (χ0n) is 19.9. The minimum absolute atomic E-state index is 0.537. The lowest BCUT2D eigenvalue weighted by Gasteiger charge is -2.18. The molecule has 0 aliphatic heterocycles. The van der Waals surface area contributed by atoms with Crippen LogP contribution in [0.25, 0.3) is 11.1 Å². The van der Waals surface area contributed by atoms with Gasteiger partial charge in [0, 0.05) is 6.54 Å². The van der Waals surface area contributed by atoms with E-state index in [-0.39, 0.29) is 0 Å². The van der Waals surface area contributed by atoms with Crippen LogP contribution in [0.3, 0.4) is 0 Å². The number of carboxylic acid groups (broad SMARTS) is 1. The fraction of sp³-hybridized carbons (Fsp3) is 0.276. The lowest BCUT2D eigenvalue weighted by molar-refractivity contribution is -0.138. The van der Waals surface area contributed by atoms with E-state index >= 15 is 0 Å². The molecule has 4 heteroatoms. The van der Waals surface area contributed by atoms with Crippen molar-refractivity contribution in [1.82, 2.24) is 4.90 Å². The van der Waals surface area contributed by atoms with Crippen molar-refractivity contribution in [3.05, 3.63) is 101 Å². The van der Waals surface area contributed by atoms with Crippen LogP contribution in [0.15, 0.2) is 78.9 Å². The van der Waals surface area contributed by atoms with Gasteiger partial charge in [0.05, 0.1) is 5.92 Å². The highest BCUT2D eigenvalue weighted by molar-refractivity contribution is 5.98. The van der Waals surface area contributed by atoms with Crippen molar-refractivity contribution in [2.75, 3.05) is 27.2 Å². The quantitative estimate of drug-likeness (QED) is 0.380. The number of rotatable bonds is 10. The number of likely N-dealkylation sites (N-methyl/N-ethyl adjacent to an activating group) is 1. The summed E-state index contributed by atoms with van der Waals surface area (Å²) in [6.07, 6.45) is 0.869. The van der Waals surface area contributed by atoms with E-state index in [0.717, 1.165) is 41.0 Å². The summed E-state index contributed by atoms with van der Waals surface area (Å²) < 4.78 is 5.88. The summed E-state index contributed by atoms with van der Waals surface area (Å²) in [5.41, 5.74) is 6.55. The summed E-state index contributed by atoms with van der Waals surface area (Å²) in [5.74, 6) is -0.505. The van der Waals surface area contributed by atoms with E-state index in [9.17, 15) is 9.90 Å². The molecule has 0 heterocycles. The summed E-state index contributed by atoms with van der Waals surface area (Å²) >= 11 is 0. The van der Waals surface area contributed by atoms with Gasteiger partial charge in [0.2, 0.25) is 0 Å². The highest BCUT2D eigenvalue weighted by atomic mass is 16.5. The Labute approximate surface area is 197 Å². The molecule has 0 saturated heterocycles. The van der Waals surface area contributed by atoms with Gasteiger partial charge < -0.3 is 14.7 Å². The molecule has 0 spiro atoms. The number of ether oxygens (including phenoxy) is 1. The number of benzene rings is 3. The SMILES string of the molecule is CCC(=C(c1ccc(OCCN(C)C)cc1)c1ccc(C(C)C(=O)O)cc1)c1ccccc1. The van der Waals surface area contributed by atoms with Crippen molar-refractivity contribution >= 4 is 17.1 Å². The Bertz CT molecular complexity index is 1070. The monoisotopic (exact) mass is 443 g/mol. The largest absolute Gasteiger partial charge is 0.492 e. The lowest BCUT2D eigenvalue weighted by atomic mass is 9.87. The Morgan fingerprint density at radius 2 is 1.45 bits per heavy atom. The fourth-order valence-corrected chi connectivity index (χ4v) is 3.82. The first-order chi connectivity index (χ1) is 15.9. The fourth-order valence-electron chi connectivity index (χ4n) is 3.82. The zero-order valence-corrected chi connectivity index (χ0v) is 19.9. The van der Waals surface area contributed by atoms with Gasteiger partial charge in [-0.25, -0.2) is 0 Å². The maximum absolute atomic E-state index is 11.4. The van der Waals surface area contributed by atoms with Gasteiger partial charge in [0.15, 0.2) is 0 Å². The predicted molar refractivity (Wildman–Crippen MR) is 136 cm³/mol. The summed E-state index contributed by atoms with van der Waals surface area (Å²) in [6.45, 7) is 5.39. The molecule has 1 unspecified atom stereocenters. The molecular formula is C29H33NO3. The van der Waals surface area contributed by atoms with E-state index in [1.54, 1.807) is 6.92 Å². The molecular weight excluding hydrogens is 410 g/mol. The lowest BCUT2D eigenvalue weighted by Crippen LogP contribution is -2.19. The Hall–Kier alpha value is -3.37. The van der Waals surface area contributed by atoms with Crippen LogP contribution in [-0.2, 0) is 4.79 Å². The van der Waals surface area contributed by atoms with Crippen LogP contribution < -0.4 is 4.74 Å². The second-order valence-electron chi connectivity index (χ2n) is 8.43. The molecule has 0 amide bonds. The molecule has 0 bridgehead atoms. The minimum atomic E-state index is -0.818. The molecule has 0 saturated carbocycles. The molecule has 3 aromatic carbocycles. The highest BCUT2D eigenvalue weighted by Crippen LogP contribution is 2.35. The van der Waals surface area contributed by atoms with Crippen LogP contribution in [0.1, 0.15) is 48.4 Å². The molecule has 33 heavy (non-hydrogen) atoms. The van der Waals surface area contributed by atoms with Crippen LogP contribution in [0.2, 0.25) is 0 Å². The molecule has 3 aromatic rings. The van der Waals surface area contributed by atoms with Gasteiger partial charge in [-0.2, -0.15) is 0 Å². The van der Waals surface area contributed by atoms with Crippen LogP contribution in [-0.4, -0.2) is 43.2 Å². The number of carbonyl (C=O) groups is 1. The molecule has 0 fully saturated rings. The van der Waals surface area contributed by atoms with E-state index in [0.29, 0.717) is 6.61 Å². The third-order valence-corrected chi connectivity index (χ3v) is 5.80. The molecule has 0 aliphatic rings. The van der Waals surface area contributed by atoms with Crippen LogP contribution in [0, 0.1) is 0 Å². The van der Waals surface area contributed by atoms with E-state index in [4.69, 9.17) is 4.74 Å². The number of carboxylic acids is 1. The normalized spacial score (nSPS) is 12.9. The van der Waals surface area contributed by atoms with E-state index < -0.39 is 11.9 Å². The van der Waals surface area contributed by atoms with Gasteiger partial charge in [-0.1, -0.05) is 73.7 Å². The summed E-state index contributed by atoms with van der Waals surface area (Å²) in [5, 5.41) is 9.36. The smallest absolute Gasteiger partial charge is 0.310 e. The van der Waals surface area contributed by atoms with Gasteiger partial charge in [0.1, 0.15) is 12.4 Å². The average molecular weight is 444 g/mol. The van der Waals surface area contributed by atoms with Crippen molar-refractivity contribution in [1.29, 1.82) is 0 Å². The Morgan fingerprint density at radius 3 is 1.97 bits per heavy atom. The first kappa shape index (κ1) is 24.3. The predicted octanol–water partition coefficient (Wildman–Crippen LogP) is 6.18. The Morgan fingerprint density at radius 1 is 0.879 bits per heavy atom. The van der Waals surface area contributed by atoms with Crippen LogP contribution >= 0.6 is 0 Å². The van der Waals surface area contributed by atoms with Gasteiger partial charge in [-0.3, -0.25) is 4.79 Å². The molecule has 1 N–H and O–H groups in total. The van der Waals surface area contributed by atoms with E-state index in [1.165, 1.54) is 11.1 Å². The molecule has 0 radical (unpaired) electrons. The van der Waals surface area contributed by atoms with Crippen molar-refractivity contribution < 1.29 is 14.6 Å². The van der Waals surface area contributed by atoms with Crippen molar-refractivity contribution in [3.63, 3.8) is 0 Å². The van der Waals surface area contributed by atoms with E-state index in [1.807, 2.05) is 56.6 Å². The zero-order chi connectivity index (χ0) is 23.8. The second kappa shape index (κ2) is 11.5. The third kappa shape index (κ3) is 6.33. The van der Waals surface area contributed by atoms with Crippen molar-refractivity contribution in [2.45, 2.75) is 26.2 Å². The maximum atomic E-state index is 11.4. The first-order valence-electron chi connectivity index (χ1n) is 11.4. The Kier molecular flexibility index (Phi) is 8.45. The van der Waals surface area contributed by atoms with Crippen molar-refractivity contribution in [2.24, 2.45) is 0 Å². The summed E-state index contributed by atoms with van der Waals surface area (Å²) in [4.78, 5) is 13.5. The molecule has 4 nitrogen and oxygen atoms in total. The molecule has 0 aromatic heterocycles. The Balaban J connectivity index is 2.03. The third-order valence-electron chi connectivity index (χ3n) is 5.80. The van der Waals surface area contributed by atoms with Gasteiger partial charge in [0.25, 0.3) is 0 Å².